The summed E-state index contributed by atoms with van der Waals surface area (Å²) in [4.78, 5) is 24.2. The van der Waals surface area contributed by atoms with Crippen LogP contribution in [0.25, 0.3) is 0 Å². The highest BCUT2D eigenvalue weighted by atomic mass is 16.4. The summed E-state index contributed by atoms with van der Waals surface area (Å²) in [7, 11) is 0. The first kappa shape index (κ1) is 14.3. The maximum absolute atomic E-state index is 11.6. The summed E-state index contributed by atoms with van der Waals surface area (Å²) in [6, 6.07) is 0.648. The third-order valence-corrected chi connectivity index (χ3v) is 4.21. The molecule has 1 saturated heterocycles. The van der Waals surface area contributed by atoms with Gasteiger partial charge >= 0.3 is 5.97 Å². The fourth-order valence-corrected chi connectivity index (χ4v) is 3.04. The van der Waals surface area contributed by atoms with Gasteiger partial charge in [-0.05, 0) is 25.8 Å². The first-order valence-electron chi connectivity index (χ1n) is 7.41. The highest BCUT2D eigenvalue weighted by Gasteiger charge is 2.33. The lowest BCUT2D eigenvalue weighted by atomic mass is 9.95. The second kappa shape index (κ2) is 6.89. The van der Waals surface area contributed by atoms with E-state index in [2.05, 4.69) is 5.32 Å². The third kappa shape index (κ3) is 4.20. The van der Waals surface area contributed by atoms with Crippen LogP contribution in [0.15, 0.2) is 0 Å². The Balaban J connectivity index is 1.60. The zero-order valence-electron chi connectivity index (χ0n) is 11.4. The van der Waals surface area contributed by atoms with Crippen LogP contribution in [0.3, 0.4) is 0 Å². The maximum atomic E-state index is 11.6. The van der Waals surface area contributed by atoms with Crippen molar-refractivity contribution in [2.45, 2.75) is 51.0 Å². The zero-order valence-corrected chi connectivity index (χ0v) is 11.4. The monoisotopic (exact) mass is 268 g/mol. The minimum atomic E-state index is -0.851. The Morgan fingerprint density at radius 2 is 2.05 bits per heavy atom. The molecule has 108 valence electrons. The fourth-order valence-electron chi connectivity index (χ4n) is 3.04. The van der Waals surface area contributed by atoms with Gasteiger partial charge in [0.05, 0.1) is 5.92 Å². The maximum Gasteiger partial charge on any atom is 0.308 e. The van der Waals surface area contributed by atoms with Crippen LogP contribution in [-0.2, 0) is 9.59 Å². The number of likely N-dealkylation sites (tertiary alicyclic amines) is 1. The predicted molar refractivity (Wildman–Crippen MR) is 71.8 cm³/mol. The molecule has 2 rings (SSSR count). The molecule has 0 aromatic carbocycles. The van der Waals surface area contributed by atoms with E-state index in [4.69, 9.17) is 5.11 Å². The summed E-state index contributed by atoms with van der Waals surface area (Å²) in [5.41, 5.74) is 0. The number of carboxylic acid groups (broad SMARTS) is 1. The molecule has 0 bridgehead atoms. The number of amides is 1. The highest BCUT2D eigenvalue weighted by Crippen LogP contribution is 2.19. The van der Waals surface area contributed by atoms with E-state index in [9.17, 15) is 9.59 Å². The van der Waals surface area contributed by atoms with Gasteiger partial charge in [-0.3, -0.25) is 9.59 Å². The lowest BCUT2D eigenvalue weighted by Crippen LogP contribution is -2.34. The Morgan fingerprint density at radius 3 is 2.68 bits per heavy atom. The van der Waals surface area contributed by atoms with E-state index < -0.39 is 11.9 Å². The van der Waals surface area contributed by atoms with Crippen molar-refractivity contribution in [3.63, 3.8) is 0 Å². The standard InChI is InChI=1S/C14H24N2O3/c17-13-9-11(14(18)19)10-16(13)8-4-7-15-12-5-2-1-3-6-12/h11-12,15H,1-10H2,(H,18,19). The molecule has 2 aliphatic rings. The molecule has 0 radical (unpaired) electrons. The molecule has 1 saturated carbocycles. The van der Waals surface area contributed by atoms with Gasteiger partial charge < -0.3 is 15.3 Å². The van der Waals surface area contributed by atoms with E-state index in [1.54, 1.807) is 4.90 Å². The van der Waals surface area contributed by atoms with E-state index >= 15 is 0 Å². The molecule has 1 aliphatic heterocycles. The summed E-state index contributed by atoms with van der Waals surface area (Å²) < 4.78 is 0. The molecular weight excluding hydrogens is 244 g/mol. The van der Waals surface area contributed by atoms with Crippen LogP contribution in [-0.4, -0.2) is 47.6 Å². The molecule has 0 spiro atoms. The van der Waals surface area contributed by atoms with Gasteiger partial charge in [0.1, 0.15) is 0 Å². The summed E-state index contributed by atoms with van der Waals surface area (Å²) in [5.74, 6) is -1.36. The van der Waals surface area contributed by atoms with Gasteiger partial charge in [-0.15, -0.1) is 0 Å². The van der Waals surface area contributed by atoms with Crippen LogP contribution in [0.5, 0.6) is 0 Å². The van der Waals surface area contributed by atoms with Crippen LogP contribution in [0, 0.1) is 5.92 Å². The summed E-state index contributed by atoms with van der Waals surface area (Å²) in [6.45, 7) is 1.99. The molecule has 1 amide bonds. The average Bonchev–Trinajstić information content (AvgIpc) is 2.78. The van der Waals surface area contributed by atoms with Gasteiger partial charge in [-0.1, -0.05) is 19.3 Å². The molecular formula is C14H24N2O3. The van der Waals surface area contributed by atoms with Crippen LogP contribution < -0.4 is 5.32 Å². The lowest BCUT2D eigenvalue weighted by molar-refractivity contribution is -0.141. The Hall–Kier alpha value is -1.10. The number of nitrogens with one attached hydrogen (secondary N) is 1. The van der Waals surface area contributed by atoms with Crippen molar-refractivity contribution in [2.24, 2.45) is 5.92 Å². The van der Waals surface area contributed by atoms with Gasteiger partial charge in [-0.25, -0.2) is 0 Å². The van der Waals surface area contributed by atoms with Crippen LogP contribution in [0.2, 0.25) is 0 Å². The largest absolute Gasteiger partial charge is 0.481 e. The summed E-state index contributed by atoms with van der Waals surface area (Å²) in [5, 5.41) is 12.4. The molecule has 0 aromatic heterocycles. The number of hydrogen-bond donors (Lipinski definition) is 2. The van der Waals surface area contributed by atoms with Crippen molar-refractivity contribution in [1.29, 1.82) is 0 Å². The number of nitrogens with zero attached hydrogens (tertiary/aromatic N) is 1. The van der Waals surface area contributed by atoms with E-state index in [1.165, 1.54) is 32.1 Å². The quantitative estimate of drug-likeness (QED) is 0.711. The van der Waals surface area contributed by atoms with Crippen molar-refractivity contribution in [3.05, 3.63) is 0 Å². The SMILES string of the molecule is O=C(O)C1CC(=O)N(CCCNC2CCCCC2)C1. The molecule has 5 nitrogen and oxygen atoms in total. The van der Waals surface area contributed by atoms with Gasteiger partial charge in [-0.2, -0.15) is 0 Å². The van der Waals surface area contributed by atoms with Gasteiger partial charge in [0.2, 0.25) is 5.91 Å². The van der Waals surface area contributed by atoms with Crippen molar-refractivity contribution in [2.75, 3.05) is 19.6 Å². The smallest absolute Gasteiger partial charge is 0.308 e. The number of hydrogen-bond acceptors (Lipinski definition) is 3. The Morgan fingerprint density at radius 1 is 1.32 bits per heavy atom. The normalized spacial score (nSPS) is 24.9. The number of carbonyl (C=O) groups excluding carboxylic acids is 1. The predicted octanol–water partition coefficient (Wildman–Crippen LogP) is 1.23. The molecule has 0 aromatic rings. The Labute approximate surface area is 114 Å². The number of carbonyl (C=O) groups is 2. The minimum Gasteiger partial charge on any atom is -0.481 e. The highest BCUT2D eigenvalue weighted by molar-refractivity contribution is 5.86. The fraction of sp³-hybridized carbons (Fsp3) is 0.857. The van der Waals surface area contributed by atoms with Gasteiger partial charge in [0.25, 0.3) is 0 Å². The topological polar surface area (TPSA) is 69.6 Å². The minimum absolute atomic E-state index is 0.00920. The first-order chi connectivity index (χ1) is 9.16. The second-order valence-corrected chi connectivity index (χ2v) is 5.72. The number of rotatable bonds is 6. The van der Waals surface area contributed by atoms with Crippen LogP contribution in [0.1, 0.15) is 44.9 Å². The molecule has 1 heterocycles. The summed E-state index contributed by atoms with van der Waals surface area (Å²) in [6.07, 6.45) is 7.62. The molecule has 1 unspecified atom stereocenters. The van der Waals surface area contributed by atoms with Gasteiger partial charge in [0, 0.05) is 25.6 Å². The molecule has 1 atom stereocenters. The van der Waals surface area contributed by atoms with E-state index in [-0.39, 0.29) is 12.3 Å². The van der Waals surface area contributed by atoms with Crippen molar-refractivity contribution >= 4 is 11.9 Å². The summed E-state index contributed by atoms with van der Waals surface area (Å²) >= 11 is 0. The van der Waals surface area contributed by atoms with E-state index in [0.717, 1.165) is 13.0 Å². The molecule has 5 heteroatoms. The lowest BCUT2D eigenvalue weighted by Gasteiger charge is -2.23. The zero-order chi connectivity index (χ0) is 13.7. The second-order valence-electron chi connectivity index (χ2n) is 5.72. The van der Waals surface area contributed by atoms with E-state index in [1.807, 2.05) is 0 Å². The van der Waals surface area contributed by atoms with Gasteiger partial charge in [0.15, 0.2) is 0 Å². The Kier molecular flexibility index (Phi) is 5.19. The van der Waals surface area contributed by atoms with Crippen molar-refractivity contribution < 1.29 is 14.7 Å². The van der Waals surface area contributed by atoms with Crippen LogP contribution >= 0.6 is 0 Å². The third-order valence-electron chi connectivity index (χ3n) is 4.21. The molecule has 1 aliphatic carbocycles. The number of aliphatic carboxylic acids is 1. The number of carboxylic acids is 1. The van der Waals surface area contributed by atoms with Crippen molar-refractivity contribution in [1.82, 2.24) is 10.2 Å². The Bertz CT molecular complexity index is 327. The van der Waals surface area contributed by atoms with E-state index in [0.29, 0.717) is 19.1 Å². The van der Waals surface area contributed by atoms with Crippen molar-refractivity contribution in [3.8, 4) is 0 Å². The van der Waals surface area contributed by atoms with Crippen LogP contribution in [0.4, 0.5) is 0 Å². The first-order valence-corrected chi connectivity index (χ1v) is 7.41. The molecule has 19 heavy (non-hydrogen) atoms. The molecule has 2 fully saturated rings. The molecule has 2 N–H and O–H groups in total. The average molecular weight is 268 g/mol.